The van der Waals surface area contributed by atoms with Gasteiger partial charge in [0.05, 0.1) is 39.6 Å². The van der Waals surface area contributed by atoms with E-state index < -0.39 is 0 Å². The molecule has 124 valence electrons. The van der Waals surface area contributed by atoms with Crippen LogP contribution in [0, 0.1) is 34.5 Å². The molecule has 4 nitrogen and oxygen atoms in total. The first kappa shape index (κ1) is 15.1. The van der Waals surface area contributed by atoms with Crippen molar-refractivity contribution in [1.29, 1.82) is 0 Å². The topological polar surface area (TPSA) is 36.9 Å². The van der Waals surface area contributed by atoms with E-state index >= 15 is 0 Å². The highest BCUT2D eigenvalue weighted by Crippen LogP contribution is 3.06. The third-order valence-electron chi connectivity index (χ3n) is 6.85. The summed E-state index contributed by atoms with van der Waals surface area (Å²) in [6, 6.07) is 0. The molecule has 0 heterocycles. The van der Waals surface area contributed by atoms with Crippen molar-refractivity contribution in [3.05, 3.63) is 11.1 Å². The molecule has 0 spiro atoms. The van der Waals surface area contributed by atoms with Gasteiger partial charge in [-0.15, -0.1) is 0 Å². The van der Waals surface area contributed by atoms with Gasteiger partial charge in [-0.25, -0.2) is 0 Å². The molecule has 5 rings (SSSR count). The molecule has 6 unspecified atom stereocenters. The first-order chi connectivity index (χ1) is 10.7. The summed E-state index contributed by atoms with van der Waals surface area (Å²) in [4.78, 5) is 0. The van der Waals surface area contributed by atoms with Crippen molar-refractivity contribution < 1.29 is 18.9 Å². The van der Waals surface area contributed by atoms with Crippen LogP contribution in [0.4, 0.5) is 0 Å². The summed E-state index contributed by atoms with van der Waals surface area (Å²) in [7, 11) is 3.45. The first-order valence-corrected chi connectivity index (χ1v) is 8.49. The molecule has 4 heteroatoms. The van der Waals surface area contributed by atoms with Gasteiger partial charge in [0, 0.05) is 25.0 Å². The van der Waals surface area contributed by atoms with E-state index in [0.29, 0.717) is 37.3 Å². The van der Waals surface area contributed by atoms with Gasteiger partial charge < -0.3 is 18.9 Å². The monoisotopic (exact) mass is 308 g/mol. The highest BCUT2D eigenvalue weighted by molar-refractivity contribution is 5.62. The molecule has 5 fully saturated rings. The number of rotatable bonds is 10. The van der Waals surface area contributed by atoms with Crippen LogP contribution in [0.5, 0.6) is 0 Å². The summed E-state index contributed by atoms with van der Waals surface area (Å²) >= 11 is 0. The number of hydrogen-bond acceptors (Lipinski definition) is 4. The van der Waals surface area contributed by atoms with Crippen molar-refractivity contribution >= 4 is 0 Å². The third kappa shape index (κ3) is 1.52. The minimum atomic E-state index is 0.399. The van der Waals surface area contributed by atoms with Crippen molar-refractivity contribution in [3.8, 4) is 0 Å². The molecule has 0 saturated heterocycles. The quantitative estimate of drug-likeness (QED) is 0.458. The Morgan fingerprint density at radius 1 is 0.818 bits per heavy atom. The summed E-state index contributed by atoms with van der Waals surface area (Å²) in [5.41, 5.74) is 4.09. The average Bonchev–Trinajstić information content (AvgIpc) is 3.16. The standard InChI is InChI=1S/C18H28O4/c1-11(2)12-13-15-16-14(12)18(16,10-22-8-6-20-4)17(13,15)9-21-7-5-19-3/h13-16H,5-10H2,1-4H3. The Labute approximate surface area is 133 Å². The molecule has 6 atom stereocenters. The minimum Gasteiger partial charge on any atom is -0.382 e. The second-order valence-corrected chi connectivity index (χ2v) is 7.63. The van der Waals surface area contributed by atoms with Gasteiger partial charge in [-0.1, -0.05) is 11.1 Å². The third-order valence-corrected chi connectivity index (χ3v) is 6.85. The number of ether oxygens (including phenoxy) is 4. The van der Waals surface area contributed by atoms with E-state index in [2.05, 4.69) is 13.8 Å². The van der Waals surface area contributed by atoms with Gasteiger partial charge in [0.25, 0.3) is 0 Å². The van der Waals surface area contributed by atoms with Crippen LogP contribution in [-0.4, -0.2) is 53.9 Å². The fourth-order valence-corrected chi connectivity index (χ4v) is 6.26. The Bertz CT molecular complexity index is 459. The lowest BCUT2D eigenvalue weighted by molar-refractivity contribution is -0.0528. The largest absolute Gasteiger partial charge is 0.382 e. The van der Waals surface area contributed by atoms with Crippen LogP contribution in [-0.2, 0) is 18.9 Å². The van der Waals surface area contributed by atoms with Crippen LogP contribution in [0.25, 0.3) is 0 Å². The maximum absolute atomic E-state index is 5.97. The Morgan fingerprint density at radius 3 is 1.64 bits per heavy atom. The van der Waals surface area contributed by atoms with E-state index in [9.17, 15) is 0 Å². The van der Waals surface area contributed by atoms with Crippen molar-refractivity contribution in [2.75, 3.05) is 53.9 Å². The lowest BCUT2D eigenvalue weighted by Gasteiger charge is -2.36. The van der Waals surface area contributed by atoms with E-state index in [4.69, 9.17) is 18.9 Å². The van der Waals surface area contributed by atoms with Crippen LogP contribution >= 0.6 is 0 Å². The van der Waals surface area contributed by atoms with Gasteiger partial charge >= 0.3 is 0 Å². The molecule has 5 saturated carbocycles. The van der Waals surface area contributed by atoms with Gasteiger partial charge in [-0.2, -0.15) is 0 Å². The van der Waals surface area contributed by atoms with Gasteiger partial charge in [0.2, 0.25) is 0 Å². The van der Waals surface area contributed by atoms with E-state index in [-0.39, 0.29) is 0 Å². The fraction of sp³-hybridized carbons (Fsp3) is 0.889. The zero-order chi connectivity index (χ0) is 15.5. The molecule has 0 aromatic rings. The minimum absolute atomic E-state index is 0.399. The van der Waals surface area contributed by atoms with E-state index in [1.165, 1.54) is 5.57 Å². The Kier molecular flexibility index (Phi) is 3.46. The molecule has 22 heavy (non-hydrogen) atoms. The zero-order valence-electron chi connectivity index (χ0n) is 14.2. The van der Waals surface area contributed by atoms with Gasteiger partial charge in [0.1, 0.15) is 0 Å². The highest BCUT2D eigenvalue weighted by Gasteiger charge is 3.05. The molecule has 0 aromatic heterocycles. The average molecular weight is 308 g/mol. The van der Waals surface area contributed by atoms with Crippen LogP contribution in [0.3, 0.4) is 0 Å². The zero-order valence-corrected chi connectivity index (χ0v) is 14.2. The molecule has 2 bridgehead atoms. The van der Waals surface area contributed by atoms with Crippen LogP contribution < -0.4 is 0 Å². The second kappa shape index (κ2) is 5.04. The lowest BCUT2D eigenvalue weighted by atomic mass is 9.73. The van der Waals surface area contributed by atoms with E-state index in [0.717, 1.165) is 36.9 Å². The molecule has 5 aliphatic rings. The molecule has 0 aliphatic heterocycles. The summed E-state index contributed by atoms with van der Waals surface area (Å²) < 4.78 is 22.1. The summed E-state index contributed by atoms with van der Waals surface area (Å²) in [5, 5.41) is 0. The SMILES string of the molecule is COCCOCC12C3C(=C(C)C)C4C(C31)C42COCCOC. The summed E-state index contributed by atoms with van der Waals surface area (Å²) in [6.45, 7) is 9.13. The molecule has 0 radical (unpaired) electrons. The highest BCUT2D eigenvalue weighted by atomic mass is 16.5. The van der Waals surface area contributed by atoms with Crippen molar-refractivity contribution in [2.45, 2.75) is 13.8 Å². The lowest BCUT2D eigenvalue weighted by Crippen LogP contribution is -2.39. The Hall–Kier alpha value is -0.420. The van der Waals surface area contributed by atoms with Crippen LogP contribution in [0.1, 0.15) is 13.8 Å². The normalized spacial score (nSPS) is 45.5. The predicted octanol–water partition coefficient (Wildman–Crippen LogP) is 2.14. The van der Waals surface area contributed by atoms with Crippen molar-refractivity contribution in [3.63, 3.8) is 0 Å². The van der Waals surface area contributed by atoms with Gasteiger partial charge in [-0.3, -0.25) is 0 Å². The maximum Gasteiger partial charge on any atom is 0.0700 e. The number of allylic oxidation sites excluding steroid dienone is 2. The smallest absolute Gasteiger partial charge is 0.0700 e. The van der Waals surface area contributed by atoms with Crippen molar-refractivity contribution in [2.24, 2.45) is 34.5 Å². The molecule has 5 aliphatic carbocycles. The fourth-order valence-electron chi connectivity index (χ4n) is 6.26. The Balaban J connectivity index is 1.44. The van der Waals surface area contributed by atoms with E-state index in [1.54, 1.807) is 19.8 Å². The number of hydrogen-bond donors (Lipinski definition) is 0. The maximum atomic E-state index is 5.97. The molecular formula is C18H28O4. The van der Waals surface area contributed by atoms with Crippen molar-refractivity contribution in [1.82, 2.24) is 0 Å². The predicted molar refractivity (Wildman–Crippen MR) is 82.6 cm³/mol. The van der Waals surface area contributed by atoms with E-state index in [1.807, 2.05) is 0 Å². The number of methoxy groups -OCH3 is 2. The van der Waals surface area contributed by atoms with Crippen LogP contribution in [0.2, 0.25) is 0 Å². The molecule has 0 amide bonds. The first-order valence-electron chi connectivity index (χ1n) is 8.49. The molecule has 0 N–H and O–H groups in total. The second-order valence-electron chi connectivity index (χ2n) is 7.63. The Morgan fingerprint density at radius 2 is 1.27 bits per heavy atom. The van der Waals surface area contributed by atoms with Gasteiger partial charge in [-0.05, 0) is 37.5 Å². The van der Waals surface area contributed by atoms with Gasteiger partial charge in [0.15, 0.2) is 0 Å². The summed E-state index contributed by atoms with van der Waals surface area (Å²) in [6.07, 6.45) is 0. The summed E-state index contributed by atoms with van der Waals surface area (Å²) in [5.74, 6) is 3.36. The molecule has 0 aromatic carbocycles. The van der Waals surface area contributed by atoms with Crippen LogP contribution in [0.15, 0.2) is 11.1 Å². The molecular weight excluding hydrogens is 280 g/mol.